The van der Waals surface area contributed by atoms with Gasteiger partial charge in [0.05, 0.1) is 42.7 Å². The molecule has 1 unspecified atom stereocenters. The summed E-state index contributed by atoms with van der Waals surface area (Å²) in [7, 11) is 2.22. The largest absolute Gasteiger partial charge is 0.378 e. The van der Waals surface area contributed by atoms with E-state index in [4.69, 9.17) is 14.8 Å². The third kappa shape index (κ3) is 3.94. The topological polar surface area (TPSA) is 60.1 Å². The Morgan fingerprint density at radius 2 is 1.95 bits per heavy atom. The zero-order valence-corrected chi connectivity index (χ0v) is 24.5. The molecule has 7 nitrogen and oxygen atoms in total. The van der Waals surface area contributed by atoms with E-state index in [0.29, 0.717) is 17.7 Å². The standard InChI is InChI=1S/C28H32IN6OP/c1-18-6-7-23-22(15-31-35(23)37-29)24(18)26-25(19-4-3-5-21(12-19)34-8-10-36-11-9-34)32-27(33(26)2)20-13-28(14-20)16-30-17-28/h3-7,12,15,20,30,37H,8-11,13-14,16-17H2,1-2H3. The van der Waals surface area contributed by atoms with Crippen LogP contribution in [0.15, 0.2) is 42.6 Å². The predicted molar refractivity (Wildman–Crippen MR) is 160 cm³/mol. The molecule has 1 atom stereocenters. The van der Waals surface area contributed by atoms with E-state index in [2.05, 4.69) is 91.6 Å². The average Bonchev–Trinajstić information content (AvgIpc) is 3.44. The number of nitrogens with zero attached hydrogens (tertiary/aromatic N) is 5. The summed E-state index contributed by atoms with van der Waals surface area (Å²) in [4.78, 5) is 7.86. The lowest BCUT2D eigenvalue weighted by atomic mass is 9.58. The molecule has 3 aliphatic rings. The number of aromatic nitrogens is 4. The molecule has 2 saturated heterocycles. The van der Waals surface area contributed by atoms with Crippen molar-refractivity contribution in [3.63, 3.8) is 0 Å². The van der Waals surface area contributed by atoms with E-state index in [1.807, 2.05) is 6.20 Å². The maximum absolute atomic E-state index is 5.60. The first-order chi connectivity index (χ1) is 18.1. The summed E-state index contributed by atoms with van der Waals surface area (Å²) in [6, 6.07) is 13.4. The minimum Gasteiger partial charge on any atom is -0.378 e. The Hall–Kier alpha value is -2.00. The second-order valence-corrected chi connectivity index (χ2v) is 13.0. The smallest absolute Gasteiger partial charge is 0.112 e. The van der Waals surface area contributed by atoms with Gasteiger partial charge in [-0.25, -0.2) is 9.44 Å². The highest BCUT2D eigenvalue weighted by Gasteiger charge is 2.50. The van der Waals surface area contributed by atoms with Crippen LogP contribution in [-0.2, 0) is 11.8 Å². The predicted octanol–water partition coefficient (Wildman–Crippen LogP) is 5.51. The number of aryl methyl sites for hydroxylation is 1. The molecule has 1 N–H and O–H groups in total. The maximum atomic E-state index is 5.60. The summed E-state index contributed by atoms with van der Waals surface area (Å²) in [6.45, 7) is 7.95. The van der Waals surface area contributed by atoms with E-state index in [-0.39, 0.29) is 0 Å². The quantitative estimate of drug-likeness (QED) is 0.234. The fourth-order valence-corrected chi connectivity index (χ4v) is 8.11. The van der Waals surface area contributed by atoms with Crippen molar-refractivity contribution >= 4 is 45.0 Å². The molecule has 0 amide bonds. The highest BCUT2D eigenvalue weighted by atomic mass is 127. The van der Waals surface area contributed by atoms with E-state index in [1.54, 1.807) is 0 Å². The third-order valence-corrected chi connectivity index (χ3v) is 10.5. The summed E-state index contributed by atoms with van der Waals surface area (Å²) in [5.41, 5.74) is 8.93. The normalized spacial score (nSPS) is 19.7. The molecule has 0 radical (unpaired) electrons. The molecule has 1 spiro atoms. The van der Waals surface area contributed by atoms with Gasteiger partial charge >= 0.3 is 0 Å². The lowest BCUT2D eigenvalue weighted by molar-refractivity contribution is 0.0321. The third-order valence-electron chi connectivity index (χ3n) is 8.63. The van der Waals surface area contributed by atoms with Crippen molar-refractivity contribution in [2.45, 2.75) is 25.7 Å². The molecule has 2 aliphatic heterocycles. The van der Waals surface area contributed by atoms with Crippen LogP contribution in [0, 0.1) is 12.3 Å². The number of anilines is 1. The molecule has 192 valence electrons. The lowest BCUT2D eigenvalue weighted by Gasteiger charge is -2.54. The van der Waals surface area contributed by atoms with Gasteiger partial charge < -0.3 is 19.5 Å². The van der Waals surface area contributed by atoms with Gasteiger partial charge in [0, 0.05) is 61.3 Å². The number of rotatable bonds is 5. The second-order valence-electron chi connectivity index (χ2n) is 10.9. The highest BCUT2D eigenvalue weighted by Crippen LogP contribution is 2.54. The van der Waals surface area contributed by atoms with E-state index in [9.17, 15) is 0 Å². The molecule has 3 fully saturated rings. The minimum absolute atomic E-state index is 0.505. The summed E-state index contributed by atoms with van der Waals surface area (Å²) in [6.07, 6.45) is 5.07. The van der Waals surface area contributed by atoms with Crippen molar-refractivity contribution in [1.29, 1.82) is 0 Å². The molecule has 1 aliphatic carbocycles. The van der Waals surface area contributed by atoms with Crippen molar-refractivity contribution in [3.8, 4) is 22.5 Å². The van der Waals surface area contributed by atoms with Crippen molar-refractivity contribution in [1.82, 2.24) is 24.4 Å². The first-order valence-electron chi connectivity index (χ1n) is 13.1. The van der Waals surface area contributed by atoms with Crippen LogP contribution in [-0.4, -0.2) is 58.5 Å². The fourth-order valence-electron chi connectivity index (χ4n) is 6.57. The van der Waals surface area contributed by atoms with Crippen LogP contribution in [0.1, 0.15) is 30.1 Å². The molecule has 2 aromatic heterocycles. The molecular weight excluding hydrogens is 594 g/mol. The molecule has 7 rings (SSSR count). The van der Waals surface area contributed by atoms with Crippen LogP contribution >= 0.6 is 28.4 Å². The van der Waals surface area contributed by atoms with Crippen molar-refractivity contribution < 1.29 is 4.74 Å². The molecule has 4 aromatic rings. The SMILES string of the molecule is Cc1ccc2c(cnn2PI)c1-c1c(-c2cccc(N3CCOCC3)c2)nc(C2CC3(CNC3)C2)n1C. The van der Waals surface area contributed by atoms with Gasteiger partial charge in [0.25, 0.3) is 0 Å². The molecule has 2 aromatic carbocycles. The van der Waals surface area contributed by atoms with Gasteiger partial charge in [-0.1, -0.05) is 18.2 Å². The fraction of sp³-hybridized carbons (Fsp3) is 0.429. The van der Waals surface area contributed by atoms with Gasteiger partial charge in [0.1, 0.15) is 5.82 Å². The Bertz CT molecular complexity index is 1480. The summed E-state index contributed by atoms with van der Waals surface area (Å²) >= 11 is 2.41. The van der Waals surface area contributed by atoms with Gasteiger partial charge in [0.15, 0.2) is 0 Å². The van der Waals surface area contributed by atoms with Crippen molar-refractivity contribution in [2.75, 3.05) is 44.3 Å². The van der Waals surface area contributed by atoms with Crippen LogP contribution in [0.4, 0.5) is 5.69 Å². The Balaban J connectivity index is 1.40. The summed E-state index contributed by atoms with van der Waals surface area (Å²) in [5.74, 6) is 1.74. The number of hydrogen-bond acceptors (Lipinski definition) is 5. The first-order valence-corrected chi connectivity index (χ1v) is 17.2. The molecule has 37 heavy (non-hydrogen) atoms. The Kier molecular flexibility index (Phi) is 6.07. The Morgan fingerprint density at radius 3 is 2.68 bits per heavy atom. The van der Waals surface area contributed by atoms with Gasteiger partial charge in [-0.15, -0.1) is 0 Å². The Labute approximate surface area is 232 Å². The second kappa shape index (κ2) is 9.33. The monoisotopic (exact) mass is 626 g/mol. The number of hydrogen-bond donors (Lipinski definition) is 1. The highest BCUT2D eigenvalue weighted by molar-refractivity contribution is 14.2. The number of morpholine rings is 1. The van der Waals surface area contributed by atoms with E-state index >= 15 is 0 Å². The van der Waals surface area contributed by atoms with E-state index < -0.39 is 0 Å². The van der Waals surface area contributed by atoms with Crippen molar-refractivity contribution in [3.05, 3.63) is 54.0 Å². The van der Waals surface area contributed by atoms with Crippen molar-refractivity contribution in [2.24, 2.45) is 12.5 Å². The molecular formula is C28H32IN6OP. The zero-order valence-electron chi connectivity index (χ0n) is 21.3. The van der Waals surface area contributed by atoms with Crippen LogP contribution in [0.2, 0.25) is 0 Å². The van der Waals surface area contributed by atoms with Crippen LogP contribution in [0.25, 0.3) is 33.4 Å². The minimum atomic E-state index is 0.505. The number of nitrogens with one attached hydrogen (secondary N) is 1. The Morgan fingerprint density at radius 1 is 1.14 bits per heavy atom. The van der Waals surface area contributed by atoms with Gasteiger partial charge in [-0.2, -0.15) is 5.10 Å². The van der Waals surface area contributed by atoms with Gasteiger partial charge in [0.2, 0.25) is 0 Å². The average molecular weight is 626 g/mol. The number of imidazole rings is 1. The molecule has 0 bridgehead atoms. The van der Waals surface area contributed by atoms with Gasteiger partial charge in [-0.05, 0) is 71.0 Å². The first kappa shape index (κ1) is 24.1. The number of benzene rings is 2. The van der Waals surface area contributed by atoms with E-state index in [1.165, 1.54) is 57.6 Å². The molecule has 9 heteroatoms. The van der Waals surface area contributed by atoms with E-state index in [0.717, 1.165) is 45.1 Å². The number of ether oxygens (including phenoxy) is 1. The molecule has 1 saturated carbocycles. The number of halogens is 1. The maximum Gasteiger partial charge on any atom is 0.112 e. The summed E-state index contributed by atoms with van der Waals surface area (Å²) < 4.78 is 10.1. The van der Waals surface area contributed by atoms with Crippen LogP contribution < -0.4 is 10.2 Å². The lowest BCUT2D eigenvalue weighted by Crippen LogP contribution is -2.59. The molecule has 4 heterocycles. The van der Waals surface area contributed by atoms with Crippen LogP contribution in [0.5, 0.6) is 0 Å². The number of fused-ring (bicyclic) bond motifs is 1. The van der Waals surface area contributed by atoms with Gasteiger partial charge in [-0.3, -0.25) is 0 Å². The van der Waals surface area contributed by atoms with Crippen LogP contribution in [0.3, 0.4) is 0 Å². The zero-order chi connectivity index (χ0) is 25.1. The summed E-state index contributed by atoms with van der Waals surface area (Å²) in [5, 5.41) is 9.41.